The zero-order chi connectivity index (χ0) is 11.4. The highest BCUT2D eigenvalue weighted by molar-refractivity contribution is 7.99. The van der Waals surface area contributed by atoms with Crippen molar-refractivity contribution in [2.45, 2.75) is 16.8 Å². The Morgan fingerprint density at radius 3 is 2.88 bits per heavy atom. The second-order valence-corrected chi connectivity index (χ2v) is 4.51. The molecular weight excluding hydrogens is 232 g/mol. The van der Waals surface area contributed by atoms with Crippen LogP contribution in [0, 0.1) is 0 Å². The molecule has 2 nitrogen and oxygen atoms in total. The van der Waals surface area contributed by atoms with Crippen LogP contribution in [0.3, 0.4) is 0 Å². The normalized spacial score (nSPS) is 21.3. The summed E-state index contributed by atoms with van der Waals surface area (Å²) in [6.45, 7) is 2.12. The maximum Gasteiger partial charge on any atom is 0.288 e. The first-order chi connectivity index (χ1) is 7.77. The largest absolute Gasteiger partial charge is 0.371 e. The number of hydrogen-bond donors (Lipinski definition) is 1. The number of ether oxygens (including phenoxy) is 1. The molecule has 5 heteroatoms. The second kappa shape index (κ2) is 5.61. The minimum Gasteiger partial charge on any atom is -0.371 e. The first-order valence-corrected chi connectivity index (χ1v) is 6.01. The first kappa shape index (κ1) is 11.8. The van der Waals surface area contributed by atoms with Gasteiger partial charge < -0.3 is 10.1 Å². The lowest BCUT2D eigenvalue weighted by atomic mass is 10.1. The van der Waals surface area contributed by atoms with Crippen LogP contribution >= 0.6 is 11.8 Å². The van der Waals surface area contributed by atoms with Crippen LogP contribution in [0.1, 0.15) is 11.7 Å². The van der Waals surface area contributed by atoms with Crippen molar-refractivity contribution in [1.82, 2.24) is 5.32 Å². The summed E-state index contributed by atoms with van der Waals surface area (Å²) in [6.07, 6.45) is -0.115. The Morgan fingerprint density at radius 2 is 2.19 bits per heavy atom. The predicted octanol–water partition coefficient (Wildman–Crippen LogP) is 2.66. The lowest BCUT2D eigenvalue weighted by Crippen LogP contribution is -2.33. The summed E-state index contributed by atoms with van der Waals surface area (Å²) in [7, 11) is 0. The third-order valence-electron chi connectivity index (χ3n) is 2.41. The SMILES string of the molecule is FC(F)Sc1ccccc1C1CNCCO1. The van der Waals surface area contributed by atoms with E-state index in [1.54, 1.807) is 12.1 Å². The van der Waals surface area contributed by atoms with Gasteiger partial charge in [-0.2, -0.15) is 8.78 Å². The Hall–Kier alpha value is -0.650. The average molecular weight is 245 g/mol. The van der Waals surface area contributed by atoms with Crippen molar-refractivity contribution in [2.24, 2.45) is 0 Å². The molecule has 1 saturated heterocycles. The Labute approximate surface area is 97.4 Å². The van der Waals surface area contributed by atoms with Crippen molar-refractivity contribution >= 4 is 11.8 Å². The number of rotatable bonds is 3. The topological polar surface area (TPSA) is 21.3 Å². The van der Waals surface area contributed by atoms with Gasteiger partial charge in [0.05, 0.1) is 12.7 Å². The molecule has 1 heterocycles. The smallest absolute Gasteiger partial charge is 0.288 e. The quantitative estimate of drug-likeness (QED) is 0.827. The van der Waals surface area contributed by atoms with Gasteiger partial charge >= 0.3 is 0 Å². The molecule has 1 aliphatic rings. The molecule has 1 aromatic rings. The van der Waals surface area contributed by atoms with E-state index < -0.39 is 5.76 Å². The standard InChI is InChI=1S/C11H13F2NOS/c12-11(13)16-10-4-2-1-3-8(10)9-7-14-5-6-15-9/h1-4,9,11,14H,5-7H2. The zero-order valence-electron chi connectivity index (χ0n) is 8.66. The number of halogens is 2. The number of nitrogens with one attached hydrogen (secondary N) is 1. The van der Waals surface area contributed by atoms with Gasteiger partial charge in [0.15, 0.2) is 0 Å². The van der Waals surface area contributed by atoms with Gasteiger partial charge in [0.25, 0.3) is 5.76 Å². The summed E-state index contributed by atoms with van der Waals surface area (Å²) in [6, 6.07) is 7.18. The molecule has 0 saturated carbocycles. The second-order valence-electron chi connectivity index (χ2n) is 3.48. The van der Waals surface area contributed by atoms with E-state index in [9.17, 15) is 8.78 Å². The maximum atomic E-state index is 12.4. The third-order valence-corrected chi connectivity index (χ3v) is 3.21. The fraction of sp³-hybridized carbons (Fsp3) is 0.455. The van der Waals surface area contributed by atoms with Crippen molar-refractivity contribution < 1.29 is 13.5 Å². The molecule has 0 bridgehead atoms. The van der Waals surface area contributed by atoms with Gasteiger partial charge in [-0.15, -0.1) is 0 Å². The lowest BCUT2D eigenvalue weighted by molar-refractivity contribution is 0.0261. The molecule has 0 spiro atoms. The van der Waals surface area contributed by atoms with Crippen LogP contribution in [-0.2, 0) is 4.74 Å². The van der Waals surface area contributed by atoms with Crippen LogP contribution in [0.4, 0.5) is 8.78 Å². The van der Waals surface area contributed by atoms with Gasteiger partial charge in [0.1, 0.15) is 0 Å². The molecule has 0 aromatic heterocycles. The van der Waals surface area contributed by atoms with E-state index in [0.29, 0.717) is 29.8 Å². The maximum absolute atomic E-state index is 12.4. The van der Waals surface area contributed by atoms with Crippen LogP contribution in [0.5, 0.6) is 0 Å². The molecule has 0 amide bonds. The minimum absolute atomic E-state index is 0.115. The van der Waals surface area contributed by atoms with Gasteiger partial charge in [0.2, 0.25) is 0 Å². The van der Waals surface area contributed by atoms with Crippen LogP contribution in [0.2, 0.25) is 0 Å². The highest BCUT2D eigenvalue weighted by Crippen LogP contribution is 2.33. The molecule has 88 valence electrons. The molecule has 1 aromatic carbocycles. The van der Waals surface area contributed by atoms with Crippen molar-refractivity contribution in [2.75, 3.05) is 19.7 Å². The van der Waals surface area contributed by atoms with Crippen LogP contribution in [0.25, 0.3) is 0 Å². The van der Waals surface area contributed by atoms with E-state index in [0.717, 1.165) is 12.1 Å². The number of alkyl halides is 2. The Kier molecular flexibility index (Phi) is 4.15. The molecule has 16 heavy (non-hydrogen) atoms. The van der Waals surface area contributed by atoms with Gasteiger partial charge in [-0.1, -0.05) is 30.0 Å². The van der Waals surface area contributed by atoms with E-state index in [-0.39, 0.29) is 6.10 Å². The zero-order valence-corrected chi connectivity index (χ0v) is 9.47. The molecule has 1 fully saturated rings. The molecule has 0 radical (unpaired) electrons. The van der Waals surface area contributed by atoms with E-state index in [1.165, 1.54) is 0 Å². The Morgan fingerprint density at radius 1 is 1.38 bits per heavy atom. The van der Waals surface area contributed by atoms with Gasteiger partial charge in [-0.3, -0.25) is 0 Å². The summed E-state index contributed by atoms with van der Waals surface area (Å²) >= 11 is 0.578. The van der Waals surface area contributed by atoms with Crippen molar-refractivity contribution in [3.8, 4) is 0 Å². The fourth-order valence-electron chi connectivity index (χ4n) is 1.72. The van der Waals surface area contributed by atoms with E-state index in [2.05, 4.69) is 5.32 Å². The molecule has 0 aliphatic carbocycles. The van der Waals surface area contributed by atoms with E-state index in [4.69, 9.17) is 4.74 Å². The summed E-state index contributed by atoms with van der Waals surface area (Å²) in [5.74, 6) is -2.39. The third kappa shape index (κ3) is 2.93. The predicted molar refractivity (Wildman–Crippen MR) is 59.9 cm³/mol. The fourth-order valence-corrected chi connectivity index (χ4v) is 2.40. The average Bonchev–Trinajstić information content (AvgIpc) is 2.30. The van der Waals surface area contributed by atoms with Crippen molar-refractivity contribution in [3.05, 3.63) is 29.8 Å². The van der Waals surface area contributed by atoms with Crippen LogP contribution in [0.15, 0.2) is 29.2 Å². The summed E-state index contributed by atoms with van der Waals surface area (Å²) in [4.78, 5) is 0.603. The summed E-state index contributed by atoms with van der Waals surface area (Å²) in [5, 5.41) is 3.19. The number of thioether (sulfide) groups is 1. The summed E-state index contributed by atoms with van der Waals surface area (Å²) in [5.41, 5.74) is 0.847. The Balaban J connectivity index is 2.17. The van der Waals surface area contributed by atoms with Crippen LogP contribution in [-0.4, -0.2) is 25.5 Å². The van der Waals surface area contributed by atoms with Crippen molar-refractivity contribution in [3.63, 3.8) is 0 Å². The van der Waals surface area contributed by atoms with Crippen molar-refractivity contribution in [1.29, 1.82) is 0 Å². The lowest BCUT2D eigenvalue weighted by Gasteiger charge is -2.25. The highest BCUT2D eigenvalue weighted by Gasteiger charge is 2.20. The molecular formula is C11H13F2NOS. The molecule has 2 rings (SSSR count). The van der Waals surface area contributed by atoms with E-state index >= 15 is 0 Å². The molecule has 1 unspecified atom stereocenters. The van der Waals surface area contributed by atoms with Crippen LogP contribution < -0.4 is 5.32 Å². The molecule has 1 aliphatic heterocycles. The highest BCUT2D eigenvalue weighted by atomic mass is 32.2. The monoisotopic (exact) mass is 245 g/mol. The Bertz CT molecular complexity index is 343. The van der Waals surface area contributed by atoms with Gasteiger partial charge in [0, 0.05) is 18.0 Å². The minimum atomic E-state index is -2.39. The molecule has 1 N–H and O–H groups in total. The number of hydrogen-bond acceptors (Lipinski definition) is 3. The van der Waals surface area contributed by atoms with E-state index in [1.807, 2.05) is 12.1 Å². The van der Waals surface area contributed by atoms with Gasteiger partial charge in [-0.25, -0.2) is 0 Å². The first-order valence-electron chi connectivity index (χ1n) is 5.13. The molecule has 1 atom stereocenters. The summed E-state index contributed by atoms with van der Waals surface area (Å²) < 4.78 is 30.3. The number of morpholine rings is 1. The van der Waals surface area contributed by atoms with Gasteiger partial charge in [-0.05, 0) is 11.6 Å². The number of benzene rings is 1.